The van der Waals surface area contributed by atoms with Crippen LogP contribution in [0.3, 0.4) is 0 Å². The van der Waals surface area contributed by atoms with E-state index in [0.29, 0.717) is 66.9 Å². The summed E-state index contributed by atoms with van der Waals surface area (Å²) in [5, 5.41) is 11.9. The van der Waals surface area contributed by atoms with Crippen LogP contribution in [0.5, 0.6) is 23.0 Å². The second-order valence-electron chi connectivity index (χ2n) is 6.17. The molecule has 1 N–H and O–H groups in total. The first kappa shape index (κ1) is 20.7. The van der Waals surface area contributed by atoms with Gasteiger partial charge in [0.1, 0.15) is 13.2 Å². The Kier molecular flexibility index (Phi) is 7.09. The molecular weight excluding hydrogens is 392 g/mol. The smallest absolute Gasteiger partial charge is 0.224 e. The third-order valence-corrected chi connectivity index (χ3v) is 5.01. The van der Waals surface area contributed by atoms with Crippen molar-refractivity contribution in [1.29, 1.82) is 5.26 Å². The lowest BCUT2D eigenvalue weighted by molar-refractivity contribution is -0.116. The Hall–Kier alpha value is -3.05. The summed E-state index contributed by atoms with van der Waals surface area (Å²) in [5.41, 5.74) is 1.21. The third kappa shape index (κ3) is 5.27. The predicted molar refractivity (Wildman–Crippen MR) is 110 cm³/mol. The van der Waals surface area contributed by atoms with Gasteiger partial charge in [-0.15, -0.1) is 11.8 Å². The van der Waals surface area contributed by atoms with E-state index in [-0.39, 0.29) is 5.91 Å². The van der Waals surface area contributed by atoms with Crippen molar-refractivity contribution in [1.82, 2.24) is 0 Å². The van der Waals surface area contributed by atoms with Gasteiger partial charge in [0.2, 0.25) is 5.91 Å². The number of fused-ring (bicyclic) bond motifs is 1. The molecule has 0 atom stereocenters. The lowest BCUT2D eigenvalue weighted by Gasteiger charge is -2.21. The number of carbonyl (C=O) groups is 1. The Bertz CT molecular complexity index is 926. The average molecular weight is 414 g/mol. The van der Waals surface area contributed by atoms with E-state index in [1.165, 1.54) is 18.9 Å². The van der Waals surface area contributed by atoms with Crippen molar-refractivity contribution >= 4 is 23.4 Å². The van der Waals surface area contributed by atoms with E-state index in [1.54, 1.807) is 24.3 Å². The van der Waals surface area contributed by atoms with Crippen molar-refractivity contribution in [2.24, 2.45) is 0 Å². The summed E-state index contributed by atoms with van der Waals surface area (Å²) >= 11 is 1.53. The molecule has 1 aliphatic heterocycles. The van der Waals surface area contributed by atoms with Crippen LogP contribution in [-0.2, 0) is 4.79 Å². The number of benzene rings is 2. The van der Waals surface area contributed by atoms with Crippen LogP contribution in [-0.4, -0.2) is 39.1 Å². The molecule has 2 aromatic carbocycles. The molecule has 0 fully saturated rings. The van der Waals surface area contributed by atoms with Crippen LogP contribution in [0, 0.1) is 11.3 Å². The van der Waals surface area contributed by atoms with Crippen molar-refractivity contribution < 1.29 is 23.7 Å². The molecule has 1 aliphatic rings. The molecule has 0 saturated heterocycles. The monoisotopic (exact) mass is 414 g/mol. The van der Waals surface area contributed by atoms with Gasteiger partial charge in [0.15, 0.2) is 23.0 Å². The van der Waals surface area contributed by atoms with Crippen LogP contribution in [0.1, 0.15) is 18.4 Å². The van der Waals surface area contributed by atoms with Gasteiger partial charge in [-0.05, 0) is 30.9 Å². The van der Waals surface area contributed by atoms with E-state index in [2.05, 4.69) is 11.4 Å². The number of anilines is 1. The van der Waals surface area contributed by atoms with E-state index in [1.807, 2.05) is 12.3 Å². The van der Waals surface area contributed by atoms with Crippen molar-refractivity contribution in [3.05, 3.63) is 35.9 Å². The molecule has 152 valence electrons. The number of nitriles is 1. The summed E-state index contributed by atoms with van der Waals surface area (Å²) < 4.78 is 22.1. The summed E-state index contributed by atoms with van der Waals surface area (Å²) in [5.74, 6) is 2.27. The molecule has 2 aromatic rings. The number of hydrogen-bond donors (Lipinski definition) is 1. The molecular formula is C21H22N2O5S. The lowest BCUT2D eigenvalue weighted by Crippen LogP contribution is -2.17. The minimum atomic E-state index is -0.104. The fraction of sp³-hybridized carbons (Fsp3) is 0.333. The highest BCUT2D eigenvalue weighted by molar-refractivity contribution is 7.98. The van der Waals surface area contributed by atoms with Gasteiger partial charge in [0.05, 0.1) is 31.0 Å². The SMILES string of the molecule is COc1cc(C#N)ccc1OCCCC(=O)Nc1cc2c(cc1SC)OCCO2. The number of rotatable bonds is 8. The molecule has 8 heteroatoms. The van der Waals surface area contributed by atoms with Gasteiger partial charge in [-0.2, -0.15) is 5.26 Å². The van der Waals surface area contributed by atoms with Gasteiger partial charge < -0.3 is 24.3 Å². The Morgan fingerprint density at radius 3 is 2.66 bits per heavy atom. The highest BCUT2D eigenvalue weighted by Gasteiger charge is 2.17. The lowest BCUT2D eigenvalue weighted by atomic mass is 10.2. The first-order chi connectivity index (χ1) is 14.1. The van der Waals surface area contributed by atoms with Crippen molar-refractivity contribution in [2.45, 2.75) is 17.7 Å². The van der Waals surface area contributed by atoms with Crippen LogP contribution in [0.15, 0.2) is 35.2 Å². The molecule has 29 heavy (non-hydrogen) atoms. The fourth-order valence-electron chi connectivity index (χ4n) is 2.82. The first-order valence-corrected chi connectivity index (χ1v) is 10.4. The molecule has 0 saturated carbocycles. The molecule has 1 heterocycles. The van der Waals surface area contributed by atoms with Gasteiger partial charge in [0, 0.05) is 23.4 Å². The molecule has 3 rings (SSSR count). The third-order valence-electron chi connectivity index (χ3n) is 4.24. The van der Waals surface area contributed by atoms with Crippen molar-refractivity contribution in [3.8, 4) is 29.1 Å². The number of ether oxygens (including phenoxy) is 4. The van der Waals surface area contributed by atoms with Gasteiger partial charge in [0.25, 0.3) is 0 Å². The maximum absolute atomic E-state index is 12.4. The molecule has 0 bridgehead atoms. The zero-order valence-corrected chi connectivity index (χ0v) is 17.1. The first-order valence-electron chi connectivity index (χ1n) is 9.13. The van der Waals surface area contributed by atoms with Gasteiger partial charge >= 0.3 is 0 Å². The van der Waals surface area contributed by atoms with Crippen LogP contribution in [0.25, 0.3) is 0 Å². The van der Waals surface area contributed by atoms with Crippen molar-refractivity contribution in [3.63, 3.8) is 0 Å². The maximum atomic E-state index is 12.4. The summed E-state index contributed by atoms with van der Waals surface area (Å²) in [6.45, 7) is 1.37. The highest BCUT2D eigenvalue weighted by Crippen LogP contribution is 2.39. The van der Waals surface area contributed by atoms with E-state index in [0.717, 1.165) is 4.90 Å². The van der Waals surface area contributed by atoms with Crippen LogP contribution < -0.4 is 24.3 Å². The van der Waals surface area contributed by atoms with E-state index in [9.17, 15) is 4.79 Å². The molecule has 0 radical (unpaired) electrons. The van der Waals surface area contributed by atoms with Crippen LogP contribution in [0.2, 0.25) is 0 Å². The van der Waals surface area contributed by atoms with E-state index in [4.69, 9.17) is 24.2 Å². The maximum Gasteiger partial charge on any atom is 0.224 e. The molecule has 1 amide bonds. The second-order valence-corrected chi connectivity index (χ2v) is 7.02. The van der Waals surface area contributed by atoms with Gasteiger partial charge in [-0.1, -0.05) is 0 Å². The largest absolute Gasteiger partial charge is 0.493 e. The normalized spacial score (nSPS) is 12.0. The summed E-state index contributed by atoms with van der Waals surface area (Å²) in [7, 11) is 1.52. The quantitative estimate of drug-likeness (QED) is 0.518. The molecule has 7 nitrogen and oxygen atoms in total. The summed E-state index contributed by atoms with van der Waals surface area (Å²) in [6, 6.07) is 10.7. The van der Waals surface area contributed by atoms with E-state index < -0.39 is 0 Å². The molecule has 0 aliphatic carbocycles. The summed E-state index contributed by atoms with van der Waals surface area (Å²) in [6.07, 6.45) is 2.79. The zero-order valence-electron chi connectivity index (χ0n) is 16.3. The number of nitrogens with zero attached hydrogens (tertiary/aromatic N) is 1. The average Bonchev–Trinajstić information content (AvgIpc) is 2.76. The second kappa shape index (κ2) is 9.94. The number of carbonyl (C=O) groups excluding carboxylic acids is 1. The Labute approximate surface area is 173 Å². The van der Waals surface area contributed by atoms with Crippen LogP contribution in [0.4, 0.5) is 5.69 Å². The predicted octanol–water partition coefficient (Wildman–Crippen LogP) is 3.86. The number of amides is 1. The zero-order chi connectivity index (χ0) is 20.6. The minimum absolute atomic E-state index is 0.104. The number of thioether (sulfide) groups is 1. The Balaban J connectivity index is 1.53. The number of hydrogen-bond acceptors (Lipinski definition) is 7. The Morgan fingerprint density at radius 1 is 1.21 bits per heavy atom. The topological polar surface area (TPSA) is 89.8 Å². The molecule has 0 unspecified atom stereocenters. The highest BCUT2D eigenvalue weighted by atomic mass is 32.2. The number of methoxy groups -OCH3 is 1. The minimum Gasteiger partial charge on any atom is -0.493 e. The van der Waals surface area contributed by atoms with Crippen LogP contribution >= 0.6 is 11.8 Å². The molecule has 0 spiro atoms. The van der Waals surface area contributed by atoms with E-state index >= 15 is 0 Å². The van der Waals surface area contributed by atoms with Gasteiger partial charge in [-0.3, -0.25) is 4.79 Å². The van der Waals surface area contributed by atoms with Crippen molar-refractivity contribution in [2.75, 3.05) is 38.5 Å². The Morgan fingerprint density at radius 2 is 1.97 bits per heavy atom. The number of nitrogens with one attached hydrogen (secondary N) is 1. The van der Waals surface area contributed by atoms with Gasteiger partial charge in [-0.25, -0.2) is 0 Å². The summed E-state index contributed by atoms with van der Waals surface area (Å²) in [4.78, 5) is 13.3. The standard InChI is InChI=1S/C21H22N2O5S/c1-25-17-10-14(13-22)5-6-16(17)26-7-3-4-21(24)23-15-11-18-19(12-20(15)29-2)28-9-8-27-18/h5-6,10-12H,3-4,7-9H2,1-2H3,(H,23,24). The fourth-order valence-corrected chi connectivity index (χ4v) is 3.38. The molecule has 0 aromatic heterocycles.